The van der Waals surface area contributed by atoms with Crippen molar-refractivity contribution in [2.24, 2.45) is 0 Å². The number of hydrogen-bond donors (Lipinski definition) is 0. The van der Waals surface area contributed by atoms with Crippen LogP contribution in [-0.2, 0) is 9.47 Å². The topological polar surface area (TPSA) is 18.5 Å². The van der Waals surface area contributed by atoms with E-state index in [9.17, 15) is 0 Å². The summed E-state index contributed by atoms with van der Waals surface area (Å²) in [5.74, 6) is 0. The summed E-state index contributed by atoms with van der Waals surface area (Å²) in [5.41, 5.74) is 0. The predicted molar refractivity (Wildman–Crippen MR) is 78.6 cm³/mol. The fraction of sp³-hybridized carbons (Fsp3) is 0.938. The van der Waals surface area contributed by atoms with Crippen molar-refractivity contribution >= 4 is 0 Å². The monoisotopic (exact) mass is 257 g/mol. The molecule has 0 fully saturated rings. The second-order valence-electron chi connectivity index (χ2n) is 5.00. The van der Waals surface area contributed by atoms with E-state index in [0.29, 0.717) is 13.2 Å². The zero-order valence-electron chi connectivity index (χ0n) is 12.6. The van der Waals surface area contributed by atoms with Crippen LogP contribution in [0.1, 0.15) is 77.6 Å². The molecule has 0 amide bonds. The van der Waals surface area contributed by atoms with Crippen LogP contribution >= 0.6 is 0 Å². The molecule has 0 heterocycles. The minimum absolute atomic E-state index is 0.689. The molecule has 0 aliphatic rings. The Morgan fingerprint density at radius 1 is 0.722 bits per heavy atom. The summed E-state index contributed by atoms with van der Waals surface area (Å²) in [6.07, 6.45) is 15.0. The van der Waals surface area contributed by atoms with Crippen molar-refractivity contribution in [3.63, 3.8) is 0 Å². The van der Waals surface area contributed by atoms with Crippen LogP contribution in [0.5, 0.6) is 0 Å². The maximum absolute atomic E-state index is 5.31. The Bertz CT molecular complexity index is 121. The highest BCUT2D eigenvalue weighted by molar-refractivity contribution is 4.53. The van der Waals surface area contributed by atoms with Crippen molar-refractivity contribution in [3.8, 4) is 0 Å². The minimum Gasteiger partial charge on any atom is -0.382 e. The first-order valence-electron chi connectivity index (χ1n) is 7.84. The van der Waals surface area contributed by atoms with Gasteiger partial charge in [-0.15, -0.1) is 0 Å². The van der Waals surface area contributed by atoms with Gasteiger partial charge in [-0.25, -0.2) is 0 Å². The van der Waals surface area contributed by atoms with Crippen molar-refractivity contribution in [2.45, 2.75) is 77.6 Å². The molecule has 1 radical (unpaired) electrons. The fourth-order valence-electron chi connectivity index (χ4n) is 2.01. The van der Waals surface area contributed by atoms with E-state index in [0.717, 1.165) is 6.42 Å². The smallest absolute Gasteiger partial charge is 0.0837 e. The lowest BCUT2D eigenvalue weighted by Crippen LogP contribution is -1.99. The molecular formula is C16H33O2. The van der Waals surface area contributed by atoms with E-state index < -0.39 is 0 Å². The maximum atomic E-state index is 5.31. The summed E-state index contributed by atoms with van der Waals surface area (Å²) in [6, 6.07) is 0. The van der Waals surface area contributed by atoms with Crippen LogP contribution < -0.4 is 0 Å². The summed E-state index contributed by atoms with van der Waals surface area (Å²) >= 11 is 0. The highest BCUT2D eigenvalue weighted by Gasteiger charge is 1.93. The Balaban J connectivity index is 2.86. The van der Waals surface area contributed by atoms with Gasteiger partial charge in [0.15, 0.2) is 0 Å². The highest BCUT2D eigenvalue weighted by Crippen LogP contribution is 2.11. The lowest BCUT2D eigenvalue weighted by Gasteiger charge is -2.03. The second-order valence-corrected chi connectivity index (χ2v) is 5.00. The van der Waals surface area contributed by atoms with E-state index in [1.54, 1.807) is 7.11 Å². The van der Waals surface area contributed by atoms with Gasteiger partial charge in [-0.3, -0.25) is 0 Å². The first-order chi connectivity index (χ1) is 8.91. The van der Waals surface area contributed by atoms with Gasteiger partial charge in [0.1, 0.15) is 0 Å². The average Bonchev–Trinajstić information content (AvgIpc) is 2.39. The van der Waals surface area contributed by atoms with Crippen LogP contribution in [0.15, 0.2) is 0 Å². The third-order valence-corrected chi connectivity index (χ3v) is 3.20. The number of unbranched alkanes of at least 4 members (excludes halogenated alkanes) is 10. The number of methoxy groups -OCH3 is 1. The van der Waals surface area contributed by atoms with Crippen molar-refractivity contribution in [3.05, 3.63) is 6.61 Å². The SMILES string of the molecule is CCCCCCCCCCCC[CH]OCCOC. The van der Waals surface area contributed by atoms with Gasteiger partial charge < -0.3 is 9.47 Å². The summed E-state index contributed by atoms with van der Waals surface area (Å²) in [4.78, 5) is 0. The van der Waals surface area contributed by atoms with Gasteiger partial charge in [0, 0.05) is 7.11 Å². The van der Waals surface area contributed by atoms with E-state index in [4.69, 9.17) is 9.47 Å². The highest BCUT2D eigenvalue weighted by atomic mass is 16.5. The van der Waals surface area contributed by atoms with Gasteiger partial charge in [0.25, 0.3) is 0 Å². The van der Waals surface area contributed by atoms with Crippen LogP contribution in [0, 0.1) is 6.61 Å². The Hall–Kier alpha value is -0.0800. The lowest BCUT2D eigenvalue weighted by atomic mass is 10.1. The second kappa shape index (κ2) is 16.9. The fourth-order valence-corrected chi connectivity index (χ4v) is 2.01. The zero-order valence-corrected chi connectivity index (χ0v) is 12.6. The summed E-state index contributed by atoms with van der Waals surface area (Å²) in [6.45, 7) is 5.59. The van der Waals surface area contributed by atoms with Crippen LogP contribution in [0.25, 0.3) is 0 Å². The van der Waals surface area contributed by atoms with Gasteiger partial charge in [0.05, 0.1) is 19.8 Å². The number of hydrogen-bond acceptors (Lipinski definition) is 2. The molecule has 0 atom stereocenters. The summed E-state index contributed by atoms with van der Waals surface area (Å²) in [7, 11) is 1.70. The third kappa shape index (κ3) is 15.9. The maximum Gasteiger partial charge on any atom is 0.0837 e. The molecule has 0 aromatic rings. The van der Waals surface area contributed by atoms with E-state index in [1.165, 1.54) is 64.2 Å². The third-order valence-electron chi connectivity index (χ3n) is 3.20. The number of rotatable bonds is 15. The standard InChI is InChI=1S/C16H33O2/c1-3-4-5-6-7-8-9-10-11-12-13-14-18-16-15-17-2/h14H,3-13,15-16H2,1-2H3. The molecule has 0 aliphatic heterocycles. The Kier molecular flexibility index (Phi) is 16.8. The van der Waals surface area contributed by atoms with Crippen LogP contribution in [0.3, 0.4) is 0 Å². The predicted octanol–water partition coefficient (Wildman–Crippen LogP) is 5.12. The molecule has 0 bridgehead atoms. The van der Waals surface area contributed by atoms with E-state index in [-0.39, 0.29) is 0 Å². The molecule has 109 valence electrons. The van der Waals surface area contributed by atoms with Gasteiger partial charge in [0.2, 0.25) is 0 Å². The normalized spacial score (nSPS) is 11.0. The van der Waals surface area contributed by atoms with E-state index in [1.807, 2.05) is 6.61 Å². The lowest BCUT2D eigenvalue weighted by molar-refractivity contribution is 0.100. The van der Waals surface area contributed by atoms with E-state index in [2.05, 4.69) is 6.92 Å². The molecule has 0 spiro atoms. The van der Waals surface area contributed by atoms with Crippen molar-refractivity contribution in [1.29, 1.82) is 0 Å². The van der Waals surface area contributed by atoms with Gasteiger partial charge in [-0.05, 0) is 6.42 Å². The van der Waals surface area contributed by atoms with Crippen LogP contribution in [0.2, 0.25) is 0 Å². The molecule has 0 aromatic carbocycles. The Morgan fingerprint density at radius 2 is 1.28 bits per heavy atom. The largest absolute Gasteiger partial charge is 0.382 e. The molecule has 2 nitrogen and oxygen atoms in total. The molecule has 0 saturated carbocycles. The molecule has 2 heteroatoms. The molecule has 0 saturated heterocycles. The van der Waals surface area contributed by atoms with Gasteiger partial charge in [-0.1, -0.05) is 71.1 Å². The molecule has 0 aliphatic carbocycles. The molecule has 0 unspecified atom stereocenters. The average molecular weight is 257 g/mol. The van der Waals surface area contributed by atoms with Crippen LogP contribution in [0.4, 0.5) is 0 Å². The summed E-state index contributed by atoms with van der Waals surface area (Å²) < 4.78 is 10.2. The Morgan fingerprint density at radius 3 is 1.83 bits per heavy atom. The zero-order chi connectivity index (χ0) is 13.3. The minimum atomic E-state index is 0.689. The van der Waals surface area contributed by atoms with Crippen molar-refractivity contribution < 1.29 is 9.47 Å². The van der Waals surface area contributed by atoms with Gasteiger partial charge >= 0.3 is 0 Å². The molecule has 0 N–H and O–H groups in total. The number of ether oxygens (including phenoxy) is 2. The quantitative estimate of drug-likeness (QED) is 0.379. The van der Waals surface area contributed by atoms with E-state index >= 15 is 0 Å². The first kappa shape index (κ1) is 17.9. The molecular weight excluding hydrogens is 224 g/mol. The van der Waals surface area contributed by atoms with Crippen molar-refractivity contribution in [1.82, 2.24) is 0 Å². The van der Waals surface area contributed by atoms with Crippen molar-refractivity contribution in [2.75, 3.05) is 20.3 Å². The molecule has 0 rings (SSSR count). The van der Waals surface area contributed by atoms with Crippen LogP contribution in [-0.4, -0.2) is 20.3 Å². The molecule has 18 heavy (non-hydrogen) atoms. The first-order valence-corrected chi connectivity index (χ1v) is 7.84. The summed E-state index contributed by atoms with van der Waals surface area (Å²) in [5, 5.41) is 0. The van der Waals surface area contributed by atoms with Gasteiger partial charge in [-0.2, -0.15) is 0 Å². The Labute approximate surface area is 114 Å². The molecule has 0 aromatic heterocycles.